The Kier molecular flexibility index (Phi) is 7.21. The van der Waals surface area contributed by atoms with Crippen molar-refractivity contribution in [3.63, 3.8) is 0 Å². The van der Waals surface area contributed by atoms with Gasteiger partial charge >= 0.3 is 0 Å². The molecule has 8 heteroatoms. The topological polar surface area (TPSA) is 93.2 Å². The van der Waals surface area contributed by atoms with Crippen LogP contribution in [-0.2, 0) is 16.0 Å². The van der Waals surface area contributed by atoms with Gasteiger partial charge in [0.25, 0.3) is 0 Å². The molecule has 0 aliphatic rings. The summed E-state index contributed by atoms with van der Waals surface area (Å²) in [5, 5.41) is 13.9. The smallest absolute Gasteiger partial charge is 0.230 e. The molecule has 0 radical (unpaired) electrons. The van der Waals surface area contributed by atoms with E-state index in [9.17, 15) is 9.59 Å². The largest absolute Gasteiger partial charge is 0.497 e. The number of carbonyl (C=O) groups excluding carboxylic acids is 2. The van der Waals surface area contributed by atoms with E-state index in [0.717, 1.165) is 17.7 Å². The number of anilines is 1. The second kappa shape index (κ2) is 9.63. The van der Waals surface area contributed by atoms with Gasteiger partial charge in [-0.1, -0.05) is 23.9 Å². The first-order valence-electron chi connectivity index (χ1n) is 7.70. The van der Waals surface area contributed by atoms with Crippen LogP contribution in [-0.4, -0.2) is 41.4 Å². The van der Waals surface area contributed by atoms with E-state index < -0.39 is 0 Å². The minimum absolute atomic E-state index is 0.0637. The predicted octanol–water partition coefficient (Wildman–Crippen LogP) is 1.89. The zero-order valence-electron chi connectivity index (χ0n) is 14.1. The summed E-state index contributed by atoms with van der Waals surface area (Å²) in [6.45, 7) is 1.97. The number of aromatic nitrogens is 2. The van der Waals surface area contributed by atoms with Crippen LogP contribution in [0.4, 0.5) is 5.82 Å². The summed E-state index contributed by atoms with van der Waals surface area (Å²) in [4.78, 5) is 22.8. The highest BCUT2D eigenvalue weighted by molar-refractivity contribution is 7.99. The van der Waals surface area contributed by atoms with Crippen molar-refractivity contribution in [2.24, 2.45) is 0 Å². The molecule has 25 heavy (non-hydrogen) atoms. The minimum Gasteiger partial charge on any atom is -0.497 e. The number of amides is 2. The number of rotatable bonds is 8. The van der Waals surface area contributed by atoms with Gasteiger partial charge in [-0.3, -0.25) is 9.59 Å². The Labute approximate surface area is 150 Å². The summed E-state index contributed by atoms with van der Waals surface area (Å²) in [6.07, 6.45) is 0.756. The average Bonchev–Trinajstić information content (AvgIpc) is 2.61. The summed E-state index contributed by atoms with van der Waals surface area (Å²) in [6, 6.07) is 11.1. The number of hydrogen-bond donors (Lipinski definition) is 2. The Hall–Kier alpha value is -2.61. The Morgan fingerprint density at radius 3 is 2.48 bits per heavy atom. The summed E-state index contributed by atoms with van der Waals surface area (Å²) in [7, 11) is 1.63. The molecular formula is C17H20N4O3S. The molecule has 0 saturated carbocycles. The van der Waals surface area contributed by atoms with E-state index in [4.69, 9.17) is 4.74 Å². The Balaban J connectivity index is 1.68. The molecule has 132 valence electrons. The Morgan fingerprint density at radius 2 is 1.88 bits per heavy atom. The highest BCUT2D eigenvalue weighted by Gasteiger charge is 2.05. The average molecular weight is 360 g/mol. The van der Waals surface area contributed by atoms with Crippen LogP contribution >= 0.6 is 11.8 Å². The van der Waals surface area contributed by atoms with Crippen LogP contribution in [0.2, 0.25) is 0 Å². The van der Waals surface area contributed by atoms with E-state index in [1.165, 1.54) is 18.7 Å². The van der Waals surface area contributed by atoms with Crippen LogP contribution < -0.4 is 15.4 Å². The maximum atomic E-state index is 11.9. The second-order valence-electron chi connectivity index (χ2n) is 5.17. The number of nitrogens with zero attached hydrogens (tertiary/aromatic N) is 2. The third-order valence-electron chi connectivity index (χ3n) is 3.19. The molecule has 0 atom stereocenters. The summed E-state index contributed by atoms with van der Waals surface area (Å²) in [5.41, 5.74) is 1.13. The van der Waals surface area contributed by atoms with Crippen LogP contribution in [0.25, 0.3) is 0 Å². The first-order valence-corrected chi connectivity index (χ1v) is 8.69. The fourth-order valence-corrected chi connectivity index (χ4v) is 2.62. The van der Waals surface area contributed by atoms with Gasteiger partial charge in [0.05, 0.1) is 12.9 Å². The van der Waals surface area contributed by atoms with Crippen molar-refractivity contribution in [3.05, 3.63) is 42.0 Å². The Morgan fingerprint density at radius 1 is 1.12 bits per heavy atom. The molecule has 0 unspecified atom stereocenters. The van der Waals surface area contributed by atoms with Gasteiger partial charge < -0.3 is 15.4 Å². The molecule has 2 amide bonds. The summed E-state index contributed by atoms with van der Waals surface area (Å²) in [5.74, 6) is 1.20. The lowest BCUT2D eigenvalue weighted by atomic mass is 10.1. The molecule has 0 saturated heterocycles. The lowest BCUT2D eigenvalue weighted by Gasteiger charge is -2.06. The van der Waals surface area contributed by atoms with Gasteiger partial charge in [0.1, 0.15) is 10.8 Å². The number of nitrogens with one attached hydrogen (secondary N) is 2. The third kappa shape index (κ3) is 6.80. The van der Waals surface area contributed by atoms with Crippen LogP contribution in [0.1, 0.15) is 12.5 Å². The summed E-state index contributed by atoms with van der Waals surface area (Å²) < 4.78 is 5.11. The van der Waals surface area contributed by atoms with Crippen molar-refractivity contribution >= 4 is 29.4 Å². The second-order valence-corrected chi connectivity index (χ2v) is 6.17. The molecule has 2 aromatic rings. The van der Waals surface area contributed by atoms with Gasteiger partial charge in [0, 0.05) is 13.5 Å². The highest BCUT2D eigenvalue weighted by Crippen LogP contribution is 2.15. The van der Waals surface area contributed by atoms with Crippen molar-refractivity contribution in [2.45, 2.75) is 18.4 Å². The molecular weight excluding hydrogens is 340 g/mol. The predicted molar refractivity (Wildman–Crippen MR) is 96.8 cm³/mol. The molecule has 1 heterocycles. The zero-order valence-corrected chi connectivity index (χ0v) is 14.9. The number of hydrogen-bond acceptors (Lipinski definition) is 6. The van der Waals surface area contributed by atoms with E-state index in [1.54, 1.807) is 19.2 Å². The molecule has 0 aliphatic heterocycles. The number of benzene rings is 1. The number of methoxy groups -OCH3 is 1. The van der Waals surface area contributed by atoms with Crippen molar-refractivity contribution < 1.29 is 14.3 Å². The first-order chi connectivity index (χ1) is 12.1. The highest BCUT2D eigenvalue weighted by atomic mass is 32.2. The van der Waals surface area contributed by atoms with E-state index in [0.29, 0.717) is 17.4 Å². The molecule has 2 N–H and O–H groups in total. The lowest BCUT2D eigenvalue weighted by molar-refractivity contribution is -0.118. The van der Waals surface area contributed by atoms with Crippen molar-refractivity contribution in [1.82, 2.24) is 15.5 Å². The van der Waals surface area contributed by atoms with Crippen LogP contribution in [0.3, 0.4) is 0 Å². The van der Waals surface area contributed by atoms with E-state index in [2.05, 4.69) is 20.8 Å². The molecule has 0 fully saturated rings. The van der Waals surface area contributed by atoms with Gasteiger partial charge in [-0.05, 0) is 36.2 Å². The summed E-state index contributed by atoms with van der Waals surface area (Å²) >= 11 is 1.29. The Bertz CT molecular complexity index is 705. The van der Waals surface area contributed by atoms with Gasteiger partial charge in [-0.15, -0.1) is 10.2 Å². The maximum absolute atomic E-state index is 11.9. The number of carbonyl (C=O) groups is 2. The van der Waals surface area contributed by atoms with E-state index in [-0.39, 0.29) is 17.6 Å². The normalized spacial score (nSPS) is 10.2. The minimum atomic E-state index is -0.203. The van der Waals surface area contributed by atoms with Crippen molar-refractivity contribution in [1.29, 1.82) is 0 Å². The van der Waals surface area contributed by atoms with E-state index >= 15 is 0 Å². The first kappa shape index (κ1) is 18.7. The van der Waals surface area contributed by atoms with Crippen LogP contribution in [0.15, 0.2) is 41.4 Å². The van der Waals surface area contributed by atoms with Crippen molar-refractivity contribution in [2.75, 3.05) is 24.7 Å². The van der Waals surface area contributed by atoms with Crippen LogP contribution in [0.5, 0.6) is 5.75 Å². The quantitative estimate of drug-likeness (QED) is 0.699. The van der Waals surface area contributed by atoms with Gasteiger partial charge in [0.15, 0.2) is 5.82 Å². The standard InChI is InChI=1S/C17H20N4O3S/c1-12(22)19-15-7-8-17(21-20-15)25-11-16(23)18-10-9-13-3-5-14(24-2)6-4-13/h3-8H,9-11H2,1-2H3,(H,18,23)(H,19,20,22). The molecule has 0 bridgehead atoms. The SMILES string of the molecule is COc1ccc(CCNC(=O)CSc2ccc(NC(C)=O)nn2)cc1. The van der Waals surface area contributed by atoms with Crippen molar-refractivity contribution in [3.8, 4) is 5.75 Å². The molecule has 2 rings (SSSR count). The molecule has 0 aliphatic carbocycles. The van der Waals surface area contributed by atoms with Gasteiger partial charge in [0.2, 0.25) is 11.8 Å². The fourth-order valence-electron chi connectivity index (χ4n) is 1.97. The van der Waals surface area contributed by atoms with Gasteiger partial charge in [-0.25, -0.2) is 0 Å². The molecule has 0 spiro atoms. The molecule has 7 nitrogen and oxygen atoms in total. The molecule has 1 aromatic carbocycles. The zero-order chi connectivity index (χ0) is 18.1. The van der Waals surface area contributed by atoms with E-state index in [1.807, 2.05) is 24.3 Å². The number of ether oxygens (including phenoxy) is 1. The molecule has 1 aromatic heterocycles. The van der Waals surface area contributed by atoms with Crippen LogP contribution in [0, 0.1) is 0 Å². The monoisotopic (exact) mass is 360 g/mol. The maximum Gasteiger partial charge on any atom is 0.230 e. The third-order valence-corrected chi connectivity index (χ3v) is 4.11. The lowest BCUT2D eigenvalue weighted by Crippen LogP contribution is -2.27. The fraction of sp³-hybridized carbons (Fsp3) is 0.294. The van der Waals surface area contributed by atoms with Gasteiger partial charge in [-0.2, -0.15) is 0 Å². The number of thioether (sulfide) groups is 1.